The molecule has 4 rings (SSSR count). The Balaban J connectivity index is 1.61. The summed E-state index contributed by atoms with van der Waals surface area (Å²) in [6.45, 7) is 2.00. The van der Waals surface area contributed by atoms with Gasteiger partial charge in [-0.05, 0) is 36.8 Å². The number of benzene rings is 3. The quantitative estimate of drug-likeness (QED) is 0.344. The Morgan fingerprint density at radius 3 is 2.35 bits per heavy atom. The van der Waals surface area contributed by atoms with E-state index in [4.69, 9.17) is 14.2 Å². The molecule has 1 N–H and O–H groups in total. The van der Waals surface area contributed by atoms with Crippen molar-refractivity contribution in [2.45, 2.75) is 13.0 Å². The molecule has 1 aromatic heterocycles. The number of carbonyl (C=O) groups is 1. The van der Waals surface area contributed by atoms with Gasteiger partial charge < -0.3 is 14.2 Å². The predicted octanol–water partition coefficient (Wildman–Crippen LogP) is 5.43. The number of nitrogens with zero attached hydrogens (tertiary/aromatic N) is 2. The van der Waals surface area contributed by atoms with Gasteiger partial charge in [-0.2, -0.15) is 0 Å². The van der Waals surface area contributed by atoms with Crippen molar-refractivity contribution in [3.05, 3.63) is 77.4 Å². The summed E-state index contributed by atoms with van der Waals surface area (Å²) in [5.41, 5.74) is 3.50. The first kappa shape index (κ1) is 23.3. The van der Waals surface area contributed by atoms with Crippen LogP contribution in [0.15, 0.2) is 65.7 Å². The molecule has 0 spiro atoms. The molecule has 0 fully saturated rings. The maximum absolute atomic E-state index is 13.4. The van der Waals surface area contributed by atoms with Crippen molar-refractivity contribution in [3.8, 4) is 17.2 Å². The maximum atomic E-state index is 13.4. The molecule has 0 bridgehead atoms. The highest BCUT2D eigenvalue weighted by Gasteiger charge is 2.24. The lowest BCUT2D eigenvalue weighted by molar-refractivity contribution is -0.123. The highest BCUT2D eigenvalue weighted by atomic mass is 32.1. The van der Waals surface area contributed by atoms with Gasteiger partial charge in [-0.3, -0.25) is 15.1 Å². The highest BCUT2D eigenvalue weighted by Crippen LogP contribution is 2.36. The molecule has 8 heteroatoms. The van der Waals surface area contributed by atoms with Crippen molar-refractivity contribution in [2.75, 3.05) is 26.6 Å². The Morgan fingerprint density at radius 2 is 1.71 bits per heavy atom. The molecule has 174 valence electrons. The number of hydrogen-bond donors (Lipinski definition) is 1. The SMILES string of the molecule is C/N=C/c1ccc(OC(C(=O)Nc2nc3cc(OC)c(OC)cc3s2)c2ccc(C)cc2)cc1. The number of rotatable bonds is 8. The van der Waals surface area contributed by atoms with E-state index in [9.17, 15) is 4.79 Å². The first-order valence-electron chi connectivity index (χ1n) is 10.6. The summed E-state index contributed by atoms with van der Waals surface area (Å²) in [5.74, 6) is 1.44. The van der Waals surface area contributed by atoms with Crippen LogP contribution in [0.3, 0.4) is 0 Å². The van der Waals surface area contributed by atoms with Crippen LogP contribution >= 0.6 is 11.3 Å². The molecule has 1 atom stereocenters. The van der Waals surface area contributed by atoms with Crippen LogP contribution in [0.1, 0.15) is 22.8 Å². The van der Waals surface area contributed by atoms with Gasteiger partial charge in [0.2, 0.25) is 6.10 Å². The second kappa shape index (κ2) is 10.4. The molecule has 0 saturated heterocycles. The number of thiazole rings is 1. The van der Waals surface area contributed by atoms with E-state index in [2.05, 4.69) is 15.3 Å². The molecule has 34 heavy (non-hydrogen) atoms. The Morgan fingerprint density at radius 1 is 1.03 bits per heavy atom. The van der Waals surface area contributed by atoms with Crippen LogP contribution in [0.4, 0.5) is 5.13 Å². The van der Waals surface area contributed by atoms with E-state index in [1.54, 1.807) is 33.5 Å². The smallest absolute Gasteiger partial charge is 0.271 e. The molecule has 3 aromatic carbocycles. The Kier molecular flexibility index (Phi) is 7.08. The van der Waals surface area contributed by atoms with Gasteiger partial charge in [0.1, 0.15) is 5.75 Å². The van der Waals surface area contributed by atoms with Crippen LogP contribution < -0.4 is 19.5 Å². The number of anilines is 1. The van der Waals surface area contributed by atoms with E-state index in [-0.39, 0.29) is 5.91 Å². The van der Waals surface area contributed by atoms with Gasteiger partial charge in [0.25, 0.3) is 5.91 Å². The molecule has 1 unspecified atom stereocenters. The van der Waals surface area contributed by atoms with Crippen molar-refractivity contribution < 1.29 is 19.0 Å². The van der Waals surface area contributed by atoms with Crippen LogP contribution in [-0.2, 0) is 4.79 Å². The second-order valence-electron chi connectivity index (χ2n) is 7.55. The van der Waals surface area contributed by atoms with Gasteiger partial charge in [0.15, 0.2) is 16.6 Å². The van der Waals surface area contributed by atoms with Crippen LogP contribution in [-0.4, -0.2) is 38.4 Å². The number of ether oxygens (including phenoxy) is 3. The minimum atomic E-state index is -0.859. The van der Waals surface area contributed by atoms with Crippen LogP contribution in [0.5, 0.6) is 17.2 Å². The van der Waals surface area contributed by atoms with Crippen LogP contribution in [0.25, 0.3) is 10.2 Å². The molecule has 4 aromatic rings. The van der Waals surface area contributed by atoms with E-state index >= 15 is 0 Å². The zero-order valence-electron chi connectivity index (χ0n) is 19.4. The molecule has 0 aliphatic carbocycles. The van der Waals surface area contributed by atoms with E-state index in [0.717, 1.165) is 21.4 Å². The predicted molar refractivity (Wildman–Crippen MR) is 136 cm³/mol. The number of aryl methyl sites for hydroxylation is 1. The van der Waals surface area contributed by atoms with E-state index in [1.807, 2.05) is 61.5 Å². The van der Waals surface area contributed by atoms with Crippen molar-refractivity contribution >= 4 is 38.8 Å². The lowest BCUT2D eigenvalue weighted by atomic mass is 10.1. The molecule has 0 aliphatic heterocycles. The van der Waals surface area contributed by atoms with E-state index in [0.29, 0.717) is 27.9 Å². The third-order valence-electron chi connectivity index (χ3n) is 5.15. The number of hydrogen-bond acceptors (Lipinski definition) is 7. The van der Waals surface area contributed by atoms with Gasteiger partial charge in [-0.15, -0.1) is 0 Å². The third kappa shape index (κ3) is 5.18. The Bertz CT molecular complexity index is 1270. The number of aliphatic imine (C=N–C) groups is 1. The summed E-state index contributed by atoms with van der Waals surface area (Å²) in [6.07, 6.45) is 0.896. The summed E-state index contributed by atoms with van der Waals surface area (Å²) >= 11 is 1.35. The fraction of sp³-hybridized carbons (Fsp3) is 0.192. The molecular weight excluding hydrogens is 450 g/mol. The molecular formula is C26H25N3O4S. The summed E-state index contributed by atoms with van der Waals surface area (Å²) in [6, 6.07) is 18.8. The van der Waals surface area contributed by atoms with E-state index in [1.165, 1.54) is 11.3 Å². The van der Waals surface area contributed by atoms with E-state index < -0.39 is 6.10 Å². The number of amides is 1. The average molecular weight is 476 g/mol. The summed E-state index contributed by atoms with van der Waals surface area (Å²) in [7, 11) is 4.87. The molecule has 0 aliphatic rings. The average Bonchev–Trinajstić information content (AvgIpc) is 3.24. The highest BCUT2D eigenvalue weighted by molar-refractivity contribution is 7.22. The second-order valence-corrected chi connectivity index (χ2v) is 8.58. The van der Waals surface area contributed by atoms with Gasteiger partial charge in [0.05, 0.1) is 24.4 Å². The number of carbonyl (C=O) groups excluding carboxylic acids is 1. The van der Waals surface area contributed by atoms with Crippen molar-refractivity contribution in [1.82, 2.24) is 4.98 Å². The standard InChI is InChI=1S/C26H25N3O4S/c1-16-5-9-18(10-6-16)24(33-19-11-7-17(8-12-19)15-27-2)25(30)29-26-28-20-13-21(31-3)22(32-4)14-23(20)34-26/h5-15,24H,1-4H3,(H,28,29,30)/b27-15+. The zero-order valence-corrected chi connectivity index (χ0v) is 20.2. The van der Waals surface area contributed by atoms with Gasteiger partial charge in [-0.1, -0.05) is 41.2 Å². The lowest BCUT2D eigenvalue weighted by Gasteiger charge is -2.19. The Hall–Kier alpha value is -3.91. The minimum absolute atomic E-state index is 0.318. The molecule has 7 nitrogen and oxygen atoms in total. The van der Waals surface area contributed by atoms with Crippen LogP contribution in [0, 0.1) is 6.92 Å². The number of fused-ring (bicyclic) bond motifs is 1. The molecule has 0 radical (unpaired) electrons. The lowest BCUT2D eigenvalue weighted by Crippen LogP contribution is -2.25. The first-order chi connectivity index (χ1) is 16.5. The van der Waals surface area contributed by atoms with Crippen molar-refractivity contribution in [2.24, 2.45) is 4.99 Å². The topological polar surface area (TPSA) is 82.0 Å². The van der Waals surface area contributed by atoms with Crippen molar-refractivity contribution in [1.29, 1.82) is 0 Å². The van der Waals surface area contributed by atoms with Gasteiger partial charge in [-0.25, -0.2) is 4.98 Å². The van der Waals surface area contributed by atoms with Crippen LogP contribution in [0.2, 0.25) is 0 Å². The summed E-state index contributed by atoms with van der Waals surface area (Å²) in [4.78, 5) is 21.9. The zero-order chi connectivity index (χ0) is 24.1. The monoisotopic (exact) mass is 475 g/mol. The molecule has 1 heterocycles. The molecule has 0 saturated carbocycles. The molecule has 1 amide bonds. The van der Waals surface area contributed by atoms with Gasteiger partial charge >= 0.3 is 0 Å². The first-order valence-corrected chi connectivity index (χ1v) is 11.4. The third-order valence-corrected chi connectivity index (χ3v) is 6.09. The Labute approximate surface area is 202 Å². The fourth-order valence-electron chi connectivity index (χ4n) is 3.41. The fourth-order valence-corrected chi connectivity index (χ4v) is 4.29. The normalized spacial score (nSPS) is 12.0. The maximum Gasteiger partial charge on any atom is 0.271 e. The minimum Gasteiger partial charge on any atom is -0.493 e. The number of aromatic nitrogens is 1. The summed E-state index contributed by atoms with van der Waals surface area (Å²) < 4.78 is 17.7. The number of methoxy groups -OCH3 is 2. The largest absolute Gasteiger partial charge is 0.493 e. The summed E-state index contributed by atoms with van der Waals surface area (Å²) in [5, 5.41) is 3.38. The van der Waals surface area contributed by atoms with Crippen molar-refractivity contribution in [3.63, 3.8) is 0 Å². The number of nitrogens with one attached hydrogen (secondary N) is 1. The van der Waals surface area contributed by atoms with Gasteiger partial charge in [0, 0.05) is 31.0 Å².